The van der Waals surface area contributed by atoms with Gasteiger partial charge in [0, 0.05) is 12.5 Å². The first-order chi connectivity index (χ1) is 6.52. The van der Waals surface area contributed by atoms with Crippen molar-refractivity contribution in [2.24, 2.45) is 5.73 Å². The Morgan fingerprint density at radius 2 is 2.00 bits per heavy atom. The first kappa shape index (κ1) is 11.5. The van der Waals surface area contributed by atoms with Crippen molar-refractivity contribution in [2.45, 2.75) is 18.9 Å². The predicted molar refractivity (Wildman–Crippen MR) is 51.6 cm³/mol. The minimum Gasteiger partial charge on any atom is -0.324 e. The van der Waals surface area contributed by atoms with E-state index >= 15 is 0 Å². The molecular formula is C9H9BrF3N. The molecule has 0 amide bonds. The third-order valence-corrected chi connectivity index (χ3v) is 2.65. The maximum Gasteiger partial charge on any atom is 0.240 e. The van der Waals surface area contributed by atoms with E-state index in [0.717, 1.165) is 0 Å². The van der Waals surface area contributed by atoms with Crippen LogP contribution < -0.4 is 5.73 Å². The Kier molecular flexibility index (Phi) is 3.95. The monoisotopic (exact) mass is 267 g/mol. The molecule has 0 aliphatic heterocycles. The van der Waals surface area contributed by atoms with Gasteiger partial charge < -0.3 is 5.73 Å². The molecule has 1 aromatic rings. The van der Waals surface area contributed by atoms with Gasteiger partial charge in [0.1, 0.15) is 5.82 Å². The molecule has 0 aliphatic carbocycles. The van der Waals surface area contributed by atoms with E-state index in [9.17, 15) is 13.2 Å². The van der Waals surface area contributed by atoms with Crippen molar-refractivity contribution in [3.63, 3.8) is 0 Å². The second kappa shape index (κ2) is 4.79. The van der Waals surface area contributed by atoms with Crippen LogP contribution in [-0.4, -0.2) is 6.43 Å². The van der Waals surface area contributed by atoms with Gasteiger partial charge in [0.2, 0.25) is 6.43 Å². The Balaban J connectivity index is 2.89. The van der Waals surface area contributed by atoms with E-state index in [1.54, 1.807) is 0 Å². The van der Waals surface area contributed by atoms with E-state index in [1.165, 1.54) is 18.2 Å². The van der Waals surface area contributed by atoms with Crippen LogP contribution in [0.2, 0.25) is 0 Å². The third kappa shape index (κ3) is 2.72. The van der Waals surface area contributed by atoms with Crippen LogP contribution in [0, 0.1) is 5.82 Å². The standard InChI is InChI=1S/C9H9BrF3N/c10-9-5(2-1-3-6(9)11)7(14)4-8(12)13/h1-3,7-8H,4,14H2/t7-/m1/s1. The summed E-state index contributed by atoms with van der Waals surface area (Å²) in [5, 5.41) is 0. The summed E-state index contributed by atoms with van der Waals surface area (Å²) in [5.74, 6) is -0.493. The van der Waals surface area contributed by atoms with Crippen molar-refractivity contribution in [3.8, 4) is 0 Å². The van der Waals surface area contributed by atoms with Gasteiger partial charge in [-0.3, -0.25) is 0 Å². The van der Waals surface area contributed by atoms with Crippen molar-refractivity contribution in [1.29, 1.82) is 0 Å². The number of nitrogens with two attached hydrogens (primary N) is 1. The summed E-state index contributed by atoms with van der Waals surface area (Å²) in [7, 11) is 0. The summed E-state index contributed by atoms with van der Waals surface area (Å²) in [6.07, 6.45) is -2.96. The van der Waals surface area contributed by atoms with Gasteiger partial charge in [-0.15, -0.1) is 0 Å². The van der Waals surface area contributed by atoms with Crippen molar-refractivity contribution < 1.29 is 13.2 Å². The third-order valence-electron chi connectivity index (χ3n) is 1.81. The zero-order valence-corrected chi connectivity index (χ0v) is 8.77. The van der Waals surface area contributed by atoms with Crippen LogP contribution in [0.3, 0.4) is 0 Å². The summed E-state index contributed by atoms with van der Waals surface area (Å²) in [6.45, 7) is 0. The zero-order chi connectivity index (χ0) is 10.7. The lowest BCUT2D eigenvalue weighted by Crippen LogP contribution is -2.14. The SMILES string of the molecule is N[C@H](CC(F)F)c1cccc(F)c1Br. The van der Waals surface area contributed by atoms with Gasteiger partial charge >= 0.3 is 0 Å². The Bertz CT molecular complexity index is 317. The van der Waals surface area contributed by atoms with Gasteiger partial charge in [-0.2, -0.15) is 0 Å². The van der Waals surface area contributed by atoms with Gasteiger partial charge in [0.25, 0.3) is 0 Å². The summed E-state index contributed by atoms with van der Waals surface area (Å²) >= 11 is 2.97. The summed E-state index contributed by atoms with van der Waals surface area (Å²) in [6, 6.07) is 3.36. The highest BCUT2D eigenvalue weighted by molar-refractivity contribution is 9.10. The lowest BCUT2D eigenvalue weighted by Gasteiger charge is -2.13. The molecule has 0 unspecified atom stereocenters. The average Bonchev–Trinajstić information content (AvgIpc) is 2.08. The highest BCUT2D eigenvalue weighted by Gasteiger charge is 2.16. The van der Waals surface area contributed by atoms with E-state index in [0.29, 0.717) is 5.56 Å². The molecule has 0 heterocycles. The van der Waals surface area contributed by atoms with Crippen LogP contribution in [-0.2, 0) is 0 Å². The number of hydrogen-bond acceptors (Lipinski definition) is 1. The molecule has 1 rings (SSSR count). The minimum absolute atomic E-state index is 0.160. The van der Waals surface area contributed by atoms with Gasteiger partial charge in [0.05, 0.1) is 4.47 Å². The van der Waals surface area contributed by atoms with Gasteiger partial charge in [-0.25, -0.2) is 13.2 Å². The zero-order valence-electron chi connectivity index (χ0n) is 7.18. The first-order valence-electron chi connectivity index (χ1n) is 4.00. The Morgan fingerprint density at radius 1 is 1.36 bits per heavy atom. The maximum atomic E-state index is 13.0. The molecule has 2 N–H and O–H groups in total. The molecule has 0 saturated heterocycles. The number of hydrogen-bond donors (Lipinski definition) is 1. The van der Waals surface area contributed by atoms with Crippen molar-refractivity contribution in [2.75, 3.05) is 0 Å². The number of alkyl halides is 2. The molecule has 0 saturated carbocycles. The van der Waals surface area contributed by atoms with Crippen LogP contribution in [0.5, 0.6) is 0 Å². The van der Waals surface area contributed by atoms with Crippen molar-refractivity contribution in [1.82, 2.24) is 0 Å². The fourth-order valence-corrected chi connectivity index (χ4v) is 1.68. The summed E-state index contributed by atoms with van der Waals surface area (Å²) in [4.78, 5) is 0. The lowest BCUT2D eigenvalue weighted by atomic mass is 10.1. The van der Waals surface area contributed by atoms with Crippen LogP contribution in [0.15, 0.2) is 22.7 Å². The lowest BCUT2D eigenvalue weighted by molar-refractivity contribution is 0.128. The highest BCUT2D eigenvalue weighted by Crippen LogP contribution is 2.27. The normalized spacial score (nSPS) is 13.3. The second-order valence-electron chi connectivity index (χ2n) is 2.88. The van der Waals surface area contributed by atoms with Crippen LogP contribution in [0.4, 0.5) is 13.2 Å². The second-order valence-corrected chi connectivity index (χ2v) is 3.67. The molecule has 1 nitrogen and oxygen atoms in total. The maximum absolute atomic E-state index is 13.0. The first-order valence-corrected chi connectivity index (χ1v) is 4.79. The quantitative estimate of drug-likeness (QED) is 0.894. The van der Waals surface area contributed by atoms with Crippen molar-refractivity contribution in [3.05, 3.63) is 34.1 Å². The molecule has 0 aliphatic rings. The predicted octanol–water partition coefficient (Wildman–Crippen LogP) is 3.24. The Hall–Kier alpha value is -0.550. The van der Waals surface area contributed by atoms with Crippen LogP contribution in [0.1, 0.15) is 18.0 Å². The fraction of sp³-hybridized carbons (Fsp3) is 0.333. The molecule has 0 radical (unpaired) electrons. The van der Waals surface area contributed by atoms with E-state index in [2.05, 4.69) is 15.9 Å². The van der Waals surface area contributed by atoms with E-state index in [4.69, 9.17) is 5.73 Å². The van der Waals surface area contributed by atoms with Crippen LogP contribution in [0.25, 0.3) is 0 Å². The number of halogens is 4. The van der Waals surface area contributed by atoms with Crippen molar-refractivity contribution >= 4 is 15.9 Å². The largest absolute Gasteiger partial charge is 0.324 e. The van der Waals surface area contributed by atoms with Gasteiger partial charge in [-0.1, -0.05) is 12.1 Å². The summed E-state index contributed by atoms with van der Waals surface area (Å²) < 4.78 is 37.2. The smallest absolute Gasteiger partial charge is 0.240 e. The van der Waals surface area contributed by atoms with E-state index < -0.39 is 24.7 Å². The fourth-order valence-electron chi connectivity index (χ4n) is 1.13. The molecule has 0 bridgehead atoms. The molecule has 5 heteroatoms. The van der Waals surface area contributed by atoms with E-state index in [-0.39, 0.29) is 4.47 Å². The minimum atomic E-state index is -2.49. The average molecular weight is 268 g/mol. The molecule has 1 atom stereocenters. The molecule has 0 spiro atoms. The summed E-state index contributed by atoms with van der Waals surface area (Å²) in [5.41, 5.74) is 5.86. The number of rotatable bonds is 3. The Morgan fingerprint density at radius 3 is 2.57 bits per heavy atom. The molecular weight excluding hydrogens is 259 g/mol. The van der Waals surface area contributed by atoms with Gasteiger partial charge in [-0.05, 0) is 27.6 Å². The molecule has 0 fully saturated rings. The highest BCUT2D eigenvalue weighted by atomic mass is 79.9. The van der Waals surface area contributed by atoms with Crippen LogP contribution >= 0.6 is 15.9 Å². The molecule has 14 heavy (non-hydrogen) atoms. The molecule has 1 aromatic carbocycles. The molecule has 78 valence electrons. The Labute approximate surface area is 88.2 Å². The number of benzene rings is 1. The van der Waals surface area contributed by atoms with E-state index in [1.807, 2.05) is 0 Å². The topological polar surface area (TPSA) is 26.0 Å². The van der Waals surface area contributed by atoms with Gasteiger partial charge in [0.15, 0.2) is 0 Å². The molecule has 0 aromatic heterocycles.